The van der Waals surface area contributed by atoms with E-state index in [9.17, 15) is 4.39 Å². The van der Waals surface area contributed by atoms with E-state index < -0.39 is 0 Å². The van der Waals surface area contributed by atoms with Crippen LogP contribution in [-0.4, -0.2) is 17.6 Å². The second-order valence-electron chi connectivity index (χ2n) is 5.41. The lowest BCUT2D eigenvalue weighted by Crippen LogP contribution is -2.47. The Hall–Kier alpha value is -0.640. The van der Waals surface area contributed by atoms with Crippen molar-refractivity contribution in [1.82, 2.24) is 4.98 Å². The number of hydrogen-bond donors (Lipinski definition) is 0. The Balaban J connectivity index is 1.89. The monoisotopic (exact) mass is 312 g/mol. The van der Waals surface area contributed by atoms with Gasteiger partial charge < -0.3 is 4.90 Å². The van der Waals surface area contributed by atoms with E-state index in [1.165, 1.54) is 44.6 Å². The van der Waals surface area contributed by atoms with Gasteiger partial charge in [0.05, 0.1) is 0 Å². The van der Waals surface area contributed by atoms with Crippen molar-refractivity contribution in [1.29, 1.82) is 0 Å². The Bertz CT molecular complexity index is 436. The topological polar surface area (TPSA) is 16.1 Å². The van der Waals surface area contributed by atoms with Crippen molar-refractivity contribution in [3.8, 4) is 0 Å². The van der Waals surface area contributed by atoms with E-state index >= 15 is 0 Å². The predicted octanol–water partition coefficient (Wildman–Crippen LogP) is 4.14. The van der Waals surface area contributed by atoms with Gasteiger partial charge >= 0.3 is 0 Å². The lowest BCUT2D eigenvalue weighted by molar-refractivity contribution is 0.241. The SMILES string of the molecule is Fc1cc(Br)cnc1N1CCC[C@H]2CCCC[C@H]21. The van der Waals surface area contributed by atoms with Gasteiger partial charge in [-0.3, -0.25) is 0 Å². The lowest BCUT2D eigenvalue weighted by Gasteiger charge is -2.44. The first-order valence-electron chi connectivity index (χ1n) is 6.83. The summed E-state index contributed by atoms with van der Waals surface area (Å²) in [6.07, 6.45) is 9.28. The molecule has 0 radical (unpaired) electrons. The minimum Gasteiger partial charge on any atom is -0.351 e. The Morgan fingerprint density at radius 2 is 2.00 bits per heavy atom. The van der Waals surface area contributed by atoms with Crippen molar-refractivity contribution >= 4 is 21.7 Å². The normalized spacial score (nSPS) is 28.0. The molecule has 2 atom stereocenters. The van der Waals surface area contributed by atoms with Gasteiger partial charge in [-0.2, -0.15) is 0 Å². The molecule has 1 saturated heterocycles. The Labute approximate surface area is 116 Å². The van der Waals surface area contributed by atoms with Crippen LogP contribution in [0.25, 0.3) is 0 Å². The number of halogens is 2. The van der Waals surface area contributed by atoms with Gasteiger partial charge in [0.15, 0.2) is 11.6 Å². The summed E-state index contributed by atoms with van der Waals surface area (Å²) in [7, 11) is 0. The number of piperidine rings is 1. The highest BCUT2D eigenvalue weighted by Gasteiger charge is 2.34. The van der Waals surface area contributed by atoms with Gasteiger partial charge in [-0.25, -0.2) is 9.37 Å². The van der Waals surface area contributed by atoms with Crippen molar-refractivity contribution in [3.05, 3.63) is 22.6 Å². The molecule has 0 spiro atoms. The summed E-state index contributed by atoms with van der Waals surface area (Å²) in [6, 6.07) is 2.03. The van der Waals surface area contributed by atoms with E-state index in [-0.39, 0.29) is 5.82 Å². The van der Waals surface area contributed by atoms with E-state index in [0.717, 1.165) is 12.5 Å². The molecule has 98 valence electrons. The summed E-state index contributed by atoms with van der Waals surface area (Å²) in [5, 5.41) is 0. The van der Waals surface area contributed by atoms with Crippen LogP contribution in [0, 0.1) is 11.7 Å². The summed E-state index contributed by atoms with van der Waals surface area (Å²) in [6.45, 7) is 0.951. The molecule has 0 bridgehead atoms. The summed E-state index contributed by atoms with van der Waals surface area (Å²) >= 11 is 3.27. The zero-order valence-corrected chi connectivity index (χ0v) is 12.0. The van der Waals surface area contributed by atoms with Crippen LogP contribution in [0.3, 0.4) is 0 Å². The molecule has 2 aliphatic rings. The maximum absolute atomic E-state index is 14.1. The van der Waals surface area contributed by atoms with Crippen LogP contribution < -0.4 is 4.90 Å². The summed E-state index contributed by atoms with van der Waals surface area (Å²) in [5.41, 5.74) is 0. The zero-order chi connectivity index (χ0) is 12.5. The standard InChI is InChI=1S/C14H18BrFN2/c15-11-8-12(16)14(17-9-11)18-7-3-5-10-4-1-2-6-13(10)18/h8-10,13H,1-7H2/t10-,13-/m1/s1. The van der Waals surface area contributed by atoms with Crippen molar-refractivity contribution in [2.75, 3.05) is 11.4 Å². The largest absolute Gasteiger partial charge is 0.351 e. The minimum absolute atomic E-state index is 0.199. The maximum atomic E-state index is 14.1. The highest BCUT2D eigenvalue weighted by molar-refractivity contribution is 9.10. The molecule has 1 aromatic rings. The quantitative estimate of drug-likeness (QED) is 0.774. The maximum Gasteiger partial charge on any atom is 0.166 e. The fourth-order valence-corrected chi connectivity index (χ4v) is 3.81. The van der Waals surface area contributed by atoms with E-state index in [0.29, 0.717) is 16.3 Å². The number of anilines is 1. The molecule has 2 heterocycles. The highest BCUT2D eigenvalue weighted by atomic mass is 79.9. The first-order chi connectivity index (χ1) is 8.75. The summed E-state index contributed by atoms with van der Waals surface area (Å²) in [4.78, 5) is 6.51. The van der Waals surface area contributed by atoms with Crippen LogP contribution in [0.2, 0.25) is 0 Å². The molecule has 0 aromatic carbocycles. The predicted molar refractivity (Wildman–Crippen MR) is 74.2 cm³/mol. The molecule has 0 N–H and O–H groups in total. The molecular formula is C14H18BrFN2. The molecule has 3 rings (SSSR count). The van der Waals surface area contributed by atoms with E-state index in [2.05, 4.69) is 25.8 Å². The molecule has 18 heavy (non-hydrogen) atoms. The van der Waals surface area contributed by atoms with Gasteiger partial charge in [-0.1, -0.05) is 12.8 Å². The number of pyridine rings is 1. The second kappa shape index (κ2) is 5.16. The third-order valence-electron chi connectivity index (χ3n) is 4.30. The minimum atomic E-state index is -0.199. The zero-order valence-electron chi connectivity index (χ0n) is 10.4. The fraction of sp³-hybridized carbons (Fsp3) is 0.643. The fourth-order valence-electron chi connectivity index (χ4n) is 3.51. The number of rotatable bonds is 1. The number of fused-ring (bicyclic) bond motifs is 1. The Morgan fingerprint density at radius 1 is 1.22 bits per heavy atom. The molecule has 0 amide bonds. The molecule has 2 fully saturated rings. The first kappa shape index (κ1) is 12.4. The molecular weight excluding hydrogens is 295 g/mol. The van der Waals surface area contributed by atoms with Gasteiger partial charge in [0.1, 0.15) is 0 Å². The van der Waals surface area contributed by atoms with Crippen molar-refractivity contribution in [2.45, 2.75) is 44.6 Å². The molecule has 1 aliphatic heterocycles. The average Bonchev–Trinajstić information content (AvgIpc) is 2.38. The van der Waals surface area contributed by atoms with E-state index in [4.69, 9.17) is 0 Å². The van der Waals surface area contributed by atoms with Crippen molar-refractivity contribution in [2.24, 2.45) is 5.92 Å². The molecule has 1 saturated carbocycles. The van der Waals surface area contributed by atoms with Gasteiger partial charge in [0, 0.05) is 23.3 Å². The lowest BCUT2D eigenvalue weighted by atomic mass is 9.78. The molecule has 2 nitrogen and oxygen atoms in total. The van der Waals surface area contributed by atoms with Gasteiger partial charge in [0.25, 0.3) is 0 Å². The molecule has 0 unspecified atom stereocenters. The van der Waals surface area contributed by atoms with Crippen molar-refractivity contribution in [3.63, 3.8) is 0 Å². The molecule has 1 aromatic heterocycles. The van der Waals surface area contributed by atoms with Crippen LogP contribution in [0.5, 0.6) is 0 Å². The summed E-state index contributed by atoms with van der Waals surface area (Å²) in [5.74, 6) is 1.10. The number of hydrogen-bond acceptors (Lipinski definition) is 2. The summed E-state index contributed by atoms with van der Waals surface area (Å²) < 4.78 is 14.8. The van der Waals surface area contributed by atoms with Gasteiger partial charge in [-0.15, -0.1) is 0 Å². The Kier molecular flexibility index (Phi) is 3.55. The van der Waals surface area contributed by atoms with Crippen molar-refractivity contribution < 1.29 is 4.39 Å². The van der Waals surface area contributed by atoms with Gasteiger partial charge in [0.2, 0.25) is 0 Å². The first-order valence-corrected chi connectivity index (χ1v) is 7.62. The highest BCUT2D eigenvalue weighted by Crippen LogP contribution is 2.37. The molecule has 1 aliphatic carbocycles. The van der Waals surface area contributed by atoms with Crippen LogP contribution in [0.4, 0.5) is 10.2 Å². The third kappa shape index (κ3) is 2.27. The second-order valence-corrected chi connectivity index (χ2v) is 6.32. The number of nitrogens with zero attached hydrogens (tertiary/aromatic N) is 2. The smallest absolute Gasteiger partial charge is 0.166 e. The van der Waals surface area contributed by atoms with E-state index in [1.54, 1.807) is 6.20 Å². The third-order valence-corrected chi connectivity index (χ3v) is 4.74. The van der Waals surface area contributed by atoms with E-state index in [1.807, 2.05) is 0 Å². The van der Waals surface area contributed by atoms with Crippen LogP contribution in [-0.2, 0) is 0 Å². The Morgan fingerprint density at radius 3 is 2.83 bits per heavy atom. The van der Waals surface area contributed by atoms with Crippen LogP contribution >= 0.6 is 15.9 Å². The van der Waals surface area contributed by atoms with Crippen LogP contribution in [0.15, 0.2) is 16.7 Å². The number of aromatic nitrogens is 1. The average molecular weight is 313 g/mol. The van der Waals surface area contributed by atoms with Gasteiger partial charge in [-0.05, 0) is 53.6 Å². The van der Waals surface area contributed by atoms with Crippen LogP contribution in [0.1, 0.15) is 38.5 Å². The molecule has 4 heteroatoms.